The molecule has 0 spiro atoms. The summed E-state index contributed by atoms with van der Waals surface area (Å²) in [6, 6.07) is 10.2. The van der Waals surface area contributed by atoms with E-state index in [1.165, 1.54) is 0 Å². The molecule has 0 saturated carbocycles. The number of methoxy groups -OCH3 is 1. The Morgan fingerprint density at radius 1 is 1.26 bits per heavy atom. The average Bonchev–Trinajstić information content (AvgIpc) is 2.59. The molecule has 1 heterocycles. The van der Waals surface area contributed by atoms with Gasteiger partial charge in [-0.3, -0.25) is 0 Å². The quantitative estimate of drug-likeness (QED) is 0.800. The van der Waals surface area contributed by atoms with Crippen LogP contribution < -0.4 is 9.47 Å². The van der Waals surface area contributed by atoms with Crippen molar-refractivity contribution in [3.63, 3.8) is 0 Å². The summed E-state index contributed by atoms with van der Waals surface area (Å²) in [5.74, 6) is 0.926. The maximum atomic E-state index is 12.1. The second kappa shape index (κ2) is 6.89. The zero-order chi connectivity index (χ0) is 16.2. The molecule has 120 valence electrons. The molecule has 1 aliphatic rings. The second-order valence-electron chi connectivity index (χ2n) is 4.97. The van der Waals surface area contributed by atoms with Gasteiger partial charge in [-0.25, -0.2) is 4.79 Å². The molecule has 0 atom stereocenters. The smallest absolute Gasteiger partial charge is 0.338 e. The molecule has 0 aromatic heterocycles. The molecular formula is C17H15ClO5. The Kier molecular flexibility index (Phi) is 4.69. The lowest BCUT2D eigenvalue weighted by Gasteiger charge is -2.21. The highest BCUT2D eigenvalue weighted by molar-refractivity contribution is 6.30. The Morgan fingerprint density at radius 2 is 2.04 bits per heavy atom. The molecule has 0 unspecified atom stereocenters. The lowest BCUT2D eigenvalue weighted by atomic mass is 10.1. The first kappa shape index (κ1) is 15.6. The molecule has 3 rings (SSSR count). The van der Waals surface area contributed by atoms with E-state index in [0.717, 1.165) is 11.1 Å². The Labute approximate surface area is 138 Å². The summed E-state index contributed by atoms with van der Waals surface area (Å²) in [5.41, 5.74) is 2.02. The first-order valence-corrected chi connectivity index (χ1v) is 7.38. The first-order valence-electron chi connectivity index (χ1n) is 7.00. The fraction of sp³-hybridized carbons (Fsp3) is 0.235. The minimum absolute atomic E-state index is 0.0771. The van der Waals surface area contributed by atoms with Crippen LogP contribution in [0.15, 0.2) is 36.4 Å². The molecule has 0 bridgehead atoms. The fourth-order valence-corrected chi connectivity index (χ4v) is 2.58. The molecule has 23 heavy (non-hydrogen) atoms. The molecule has 0 radical (unpaired) electrons. The van der Waals surface area contributed by atoms with Crippen LogP contribution in [0.1, 0.15) is 21.5 Å². The van der Waals surface area contributed by atoms with Crippen LogP contribution in [-0.2, 0) is 22.7 Å². The predicted molar refractivity (Wildman–Crippen MR) is 83.8 cm³/mol. The van der Waals surface area contributed by atoms with Gasteiger partial charge in [0.2, 0.25) is 0 Å². The minimum atomic E-state index is -0.423. The van der Waals surface area contributed by atoms with Gasteiger partial charge in [0, 0.05) is 16.1 Å². The SMILES string of the molecule is COc1ccc(C(=O)OCc2cc(Cl)cc3c2OCOC3)cc1. The molecule has 0 saturated heterocycles. The highest BCUT2D eigenvalue weighted by Gasteiger charge is 2.18. The van der Waals surface area contributed by atoms with Gasteiger partial charge in [0.15, 0.2) is 6.79 Å². The van der Waals surface area contributed by atoms with Crippen LogP contribution in [0.25, 0.3) is 0 Å². The zero-order valence-electron chi connectivity index (χ0n) is 12.5. The van der Waals surface area contributed by atoms with Gasteiger partial charge < -0.3 is 18.9 Å². The van der Waals surface area contributed by atoms with Crippen molar-refractivity contribution in [3.05, 3.63) is 58.1 Å². The molecule has 1 aliphatic heterocycles. The maximum Gasteiger partial charge on any atom is 0.338 e. The number of halogens is 1. The van der Waals surface area contributed by atoms with Gasteiger partial charge >= 0.3 is 5.97 Å². The van der Waals surface area contributed by atoms with Gasteiger partial charge in [0.25, 0.3) is 0 Å². The summed E-state index contributed by atoms with van der Waals surface area (Å²) >= 11 is 6.08. The summed E-state index contributed by atoms with van der Waals surface area (Å²) in [6.07, 6.45) is 0. The molecule has 0 N–H and O–H groups in total. The maximum absolute atomic E-state index is 12.1. The van der Waals surface area contributed by atoms with Crippen molar-refractivity contribution in [3.8, 4) is 11.5 Å². The monoisotopic (exact) mass is 334 g/mol. The van der Waals surface area contributed by atoms with Gasteiger partial charge in [-0.15, -0.1) is 0 Å². The Balaban J connectivity index is 1.72. The van der Waals surface area contributed by atoms with Crippen molar-refractivity contribution in [2.45, 2.75) is 13.2 Å². The summed E-state index contributed by atoms with van der Waals surface area (Å²) in [4.78, 5) is 12.1. The highest BCUT2D eigenvalue weighted by Crippen LogP contribution is 2.32. The molecule has 2 aromatic carbocycles. The van der Waals surface area contributed by atoms with Crippen molar-refractivity contribution >= 4 is 17.6 Å². The van der Waals surface area contributed by atoms with E-state index in [2.05, 4.69) is 0 Å². The van der Waals surface area contributed by atoms with E-state index < -0.39 is 5.97 Å². The predicted octanol–water partition coefficient (Wildman–Crippen LogP) is 3.57. The Hall–Kier alpha value is -2.24. The lowest BCUT2D eigenvalue weighted by molar-refractivity contribution is -0.0180. The Morgan fingerprint density at radius 3 is 2.78 bits per heavy atom. The molecule has 2 aromatic rings. The third-order valence-electron chi connectivity index (χ3n) is 3.44. The van der Waals surface area contributed by atoms with E-state index in [-0.39, 0.29) is 13.4 Å². The largest absolute Gasteiger partial charge is 0.497 e. The Bertz CT molecular complexity index is 712. The molecule has 0 fully saturated rings. The number of benzene rings is 2. The number of ether oxygens (including phenoxy) is 4. The van der Waals surface area contributed by atoms with Crippen molar-refractivity contribution in [2.75, 3.05) is 13.9 Å². The van der Waals surface area contributed by atoms with E-state index in [4.69, 9.17) is 30.5 Å². The summed E-state index contributed by atoms with van der Waals surface area (Å²) in [6.45, 7) is 0.678. The van der Waals surface area contributed by atoms with Crippen molar-refractivity contribution < 1.29 is 23.7 Å². The van der Waals surface area contributed by atoms with Crippen molar-refractivity contribution in [1.82, 2.24) is 0 Å². The number of carbonyl (C=O) groups is 1. The summed E-state index contributed by atoms with van der Waals surface area (Å²) in [7, 11) is 1.57. The number of esters is 1. The van der Waals surface area contributed by atoms with Crippen molar-refractivity contribution in [2.24, 2.45) is 0 Å². The van der Waals surface area contributed by atoms with Gasteiger partial charge in [-0.2, -0.15) is 0 Å². The zero-order valence-corrected chi connectivity index (χ0v) is 13.3. The first-order chi connectivity index (χ1) is 11.2. The van der Waals surface area contributed by atoms with Crippen LogP contribution in [0, 0.1) is 0 Å². The third kappa shape index (κ3) is 3.57. The van der Waals surface area contributed by atoms with E-state index in [0.29, 0.717) is 28.7 Å². The average molecular weight is 335 g/mol. The number of fused-ring (bicyclic) bond motifs is 1. The number of hydrogen-bond acceptors (Lipinski definition) is 5. The molecule has 6 heteroatoms. The van der Waals surface area contributed by atoms with Gasteiger partial charge in [-0.1, -0.05) is 11.6 Å². The fourth-order valence-electron chi connectivity index (χ4n) is 2.32. The van der Waals surface area contributed by atoms with E-state index in [1.54, 1.807) is 43.5 Å². The minimum Gasteiger partial charge on any atom is -0.497 e. The molecule has 5 nitrogen and oxygen atoms in total. The van der Waals surface area contributed by atoms with Crippen LogP contribution in [0.2, 0.25) is 5.02 Å². The van der Waals surface area contributed by atoms with E-state index in [1.807, 2.05) is 0 Å². The van der Waals surface area contributed by atoms with Gasteiger partial charge in [-0.05, 0) is 36.4 Å². The third-order valence-corrected chi connectivity index (χ3v) is 3.65. The van der Waals surface area contributed by atoms with Crippen molar-refractivity contribution in [1.29, 1.82) is 0 Å². The number of rotatable bonds is 4. The molecule has 0 amide bonds. The topological polar surface area (TPSA) is 54.0 Å². The summed E-state index contributed by atoms with van der Waals surface area (Å²) in [5, 5.41) is 0.549. The normalized spacial score (nSPS) is 13.0. The van der Waals surface area contributed by atoms with E-state index >= 15 is 0 Å². The molecular weight excluding hydrogens is 320 g/mol. The second-order valence-corrected chi connectivity index (χ2v) is 5.40. The van der Waals surface area contributed by atoms with Crippen LogP contribution >= 0.6 is 11.6 Å². The number of carbonyl (C=O) groups excluding carboxylic acids is 1. The van der Waals surface area contributed by atoms with Gasteiger partial charge in [0.1, 0.15) is 18.1 Å². The van der Waals surface area contributed by atoms with Crippen LogP contribution in [0.4, 0.5) is 0 Å². The standard InChI is InChI=1S/C17H15ClO5/c1-20-15-4-2-11(3-5-15)17(19)22-9-13-7-14(18)6-12-8-21-10-23-16(12)13/h2-7H,8-10H2,1H3. The lowest BCUT2D eigenvalue weighted by Crippen LogP contribution is -2.14. The summed E-state index contributed by atoms with van der Waals surface area (Å²) < 4.78 is 21.1. The van der Waals surface area contributed by atoms with Gasteiger partial charge in [0.05, 0.1) is 19.3 Å². The van der Waals surface area contributed by atoms with Crippen LogP contribution in [0.3, 0.4) is 0 Å². The molecule has 0 aliphatic carbocycles. The number of hydrogen-bond donors (Lipinski definition) is 0. The van der Waals surface area contributed by atoms with Crippen LogP contribution in [-0.4, -0.2) is 19.9 Å². The van der Waals surface area contributed by atoms with E-state index in [9.17, 15) is 4.79 Å². The van der Waals surface area contributed by atoms with Crippen LogP contribution in [0.5, 0.6) is 11.5 Å². The highest BCUT2D eigenvalue weighted by atomic mass is 35.5.